The van der Waals surface area contributed by atoms with Crippen LogP contribution in [0.15, 0.2) is 12.1 Å². The Balaban J connectivity index is 2.92. The lowest BCUT2D eigenvalue weighted by atomic mass is 9.95. The van der Waals surface area contributed by atoms with Gasteiger partial charge in [-0.05, 0) is 43.2 Å². The molecular formula is C16H25F2N. The highest BCUT2D eigenvalue weighted by Crippen LogP contribution is 2.25. The zero-order valence-electron chi connectivity index (χ0n) is 12.6. The molecule has 0 aliphatic heterocycles. The van der Waals surface area contributed by atoms with E-state index in [0.29, 0.717) is 17.4 Å². The summed E-state index contributed by atoms with van der Waals surface area (Å²) in [7, 11) is 0. The van der Waals surface area contributed by atoms with Crippen LogP contribution < -0.4 is 5.32 Å². The van der Waals surface area contributed by atoms with E-state index in [9.17, 15) is 8.78 Å². The highest BCUT2D eigenvalue weighted by Gasteiger charge is 2.18. The Morgan fingerprint density at radius 3 is 2.00 bits per heavy atom. The summed E-state index contributed by atoms with van der Waals surface area (Å²) in [6.07, 6.45) is 1.82. The third kappa shape index (κ3) is 4.81. The van der Waals surface area contributed by atoms with Gasteiger partial charge in [-0.1, -0.05) is 33.8 Å². The minimum absolute atomic E-state index is 0.0197. The summed E-state index contributed by atoms with van der Waals surface area (Å²) in [5.74, 6) is -0.00233. The second kappa shape index (κ2) is 6.88. The summed E-state index contributed by atoms with van der Waals surface area (Å²) in [4.78, 5) is 0. The Morgan fingerprint density at radius 2 is 1.53 bits per heavy atom. The van der Waals surface area contributed by atoms with Crippen molar-refractivity contribution >= 4 is 5.69 Å². The molecule has 1 aromatic carbocycles. The molecule has 1 N–H and O–H groups in total. The first kappa shape index (κ1) is 15.9. The summed E-state index contributed by atoms with van der Waals surface area (Å²) in [5, 5.41) is 3.07. The monoisotopic (exact) mass is 269 g/mol. The maximum atomic E-state index is 14.0. The molecule has 0 saturated carbocycles. The average Bonchev–Trinajstić information content (AvgIpc) is 2.28. The predicted molar refractivity (Wildman–Crippen MR) is 77.4 cm³/mol. The zero-order valence-corrected chi connectivity index (χ0v) is 12.6. The molecule has 19 heavy (non-hydrogen) atoms. The van der Waals surface area contributed by atoms with E-state index in [1.54, 1.807) is 6.92 Å². The molecule has 0 atom stereocenters. The van der Waals surface area contributed by atoms with Gasteiger partial charge in [-0.15, -0.1) is 0 Å². The Hall–Kier alpha value is -1.12. The molecule has 0 spiro atoms. The van der Waals surface area contributed by atoms with Gasteiger partial charge in [-0.25, -0.2) is 8.78 Å². The molecule has 0 amide bonds. The van der Waals surface area contributed by atoms with Gasteiger partial charge >= 0.3 is 0 Å². The first-order valence-electron chi connectivity index (χ1n) is 7.02. The van der Waals surface area contributed by atoms with E-state index in [1.807, 2.05) is 0 Å². The average molecular weight is 269 g/mol. The highest BCUT2D eigenvalue weighted by molar-refractivity contribution is 5.49. The first-order valence-corrected chi connectivity index (χ1v) is 7.02. The molecule has 0 fully saturated rings. The number of benzene rings is 1. The lowest BCUT2D eigenvalue weighted by molar-refractivity contribution is 0.438. The molecule has 1 nitrogen and oxygen atoms in total. The second-order valence-electron chi connectivity index (χ2n) is 6.15. The van der Waals surface area contributed by atoms with Gasteiger partial charge in [-0.2, -0.15) is 0 Å². The number of rotatable bonds is 6. The van der Waals surface area contributed by atoms with E-state index in [1.165, 1.54) is 12.1 Å². The number of halogens is 2. The molecule has 0 aliphatic rings. The van der Waals surface area contributed by atoms with E-state index in [-0.39, 0.29) is 11.7 Å². The van der Waals surface area contributed by atoms with Crippen molar-refractivity contribution in [2.45, 2.75) is 53.5 Å². The van der Waals surface area contributed by atoms with Gasteiger partial charge in [-0.3, -0.25) is 0 Å². The third-order valence-corrected chi connectivity index (χ3v) is 3.14. The van der Waals surface area contributed by atoms with E-state index in [0.717, 1.165) is 12.8 Å². The Bertz CT molecular complexity index is 403. The maximum absolute atomic E-state index is 14.0. The van der Waals surface area contributed by atoms with Crippen LogP contribution in [0, 0.1) is 30.4 Å². The van der Waals surface area contributed by atoms with Crippen molar-refractivity contribution in [2.75, 3.05) is 5.32 Å². The van der Waals surface area contributed by atoms with Gasteiger partial charge in [0, 0.05) is 6.04 Å². The SMILES string of the molecule is Cc1ccc(F)c(NC(CC(C)C)CC(C)C)c1F. The standard InChI is InChI=1S/C16H25F2N/c1-10(2)8-13(9-11(3)4)19-16-14(17)7-6-12(5)15(16)18/h6-7,10-11,13,19H,8-9H2,1-5H3. The van der Waals surface area contributed by atoms with E-state index in [4.69, 9.17) is 0 Å². The number of nitrogens with one attached hydrogen (secondary N) is 1. The maximum Gasteiger partial charge on any atom is 0.152 e. The number of hydrogen-bond donors (Lipinski definition) is 1. The Kier molecular flexibility index (Phi) is 5.77. The van der Waals surface area contributed by atoms with E-state index >= 15 is 0 Å². The molecule has 0 unspecified atom stereocenters. The lowest BCUT2D eigenvalue weighted by Gasteiger charge is -2.24. The van der Waals surface area contributed by atoms with Crippen LogP contribution in [0.1, 0.15) is 46.1 Å². The van der Waals surface area contributed by atoms with Crippen LogP contribution in [0.5, 0.6) is 0 Å². The lowest BCUT2D eigenvalue weighted by Crippen LogP contribution is -2.25. The summed E-state index contributed by atoms with van der Waals surface area (Å²) < 4.78 is 27.8. The molecule has 0 aromatic heterocycles. The van der Waals surface area contributed by atoms with Crippen molar-refractivity contribution in [2.24, 2.45) is 11.8 Å². The van der Waals surface area contributed by atoms with Gasteiger partial charge in [0.1, 0.15) is 11.5 Å². The molecule has 0 heterocycles. The number of anilines is 1. The topological polar surface area (TPSA) is 12.0 Å². The van der Waals surface area contributed by atoms with Crippen molar-refractivity contribution < 1.29 is 8.78 Å². The fourth-order valence-electron chi connectivity index (χ4n) is 2.35. The van der Waals surface area contributed by atoms with Crippen LogP contribution in [-0.4, -0.2) is 6.04 Å². The quantitative estimate of drug-likeness (QED) is 0.753. The van der Waals surface area contributed by atoms with Crippen LogP contribution in [0.2, 0.25) is 0 Å². The van der Waals surface area contributed by atoms with Crippen molar-refractivity contribution in [3.63, 3.8) is 0 Å². The second-order valence-corrected chi connectivity index (χ2v) is 6.15. The van der Waals surface area contributed by atoms with Crippen LogP contribution in [0.25, 0.3) is 0 Å². The molecule has 0 saturated heterocycles. The van der Waals surface area contributed by atoms with Crippen molar-refractivity contribution in [1.82, 2.24) is 0 Å². The fourth-order valence-corrected chi connectivity index (χ4v) is 2.35. The molecule has 0 aliphatic carbocycles. The van der Waals surface area contributed by atoms with Crippen molar-refractivity contribution in [3.05, 3.63) is 29.3 Å². The normalized spacial score (nSPS) is 11.7. The Morgan fingerprint density at radius 1 is 1.00 bits per heavy atom. The summed E-state index contributed by atoms with van der Waals surface area (Å²) in [6, 6.07) is 2.89. The summed E-state index contributed by atoms with van der Waals surface area (Å²) >= 11 is 0. The molecule has 3 heteroatoms. The number of aryl methyl sites for hydroxylation is 1. The smallest absolute Gasteiger partial charge is 0.152 e. The van der Waals surface area contributed by atoms with E-state index in [2.05, 4.69) is 33.0 Å². The van der Waals surface area contributed by atoms with Crippen LogP contribution >= 0.6 is 0 Å². The van der Waals surface area contributed by atoms with Crippen LogP contribution in [-0.2, 0) is 0 Å². The fraction of sp³-hybridized carbons (Fsp3) is 0.625. The van der Waals surface area contributed by atoms with Gasteiger partial charge in [0.25, 0.3) is 0 Å². The van der Waals surface area contributed by atoms with Crippen molar-refractivity contribution in [3.8, 4) is 0 Å². The van der Waals surface area contributed by atoms with E-state index < -0.39 is 11.6 Å². The highest BCUT2D eigenvalue weighted by atomic mass is 19.1. The first-order chi connectivity index (χ1) is 8.81. The largest absolute Gasteiger partial charge is 0.378 e. The minimum atomic E-state index is -0.513. The van der Waals surface area contributed by atoms with Crippen molar-refractivity contribution in [1.29, 1.82) is 0 Å². The van der Waals surface area contributed by atoms with Gasteiger partial charge in [0.05, 0.1) is 0 Å². The minimum Gasteiger partial charge on any atom is -0.378 e. The number of hydrogen-bond acceptors (Lipinski definition) is 1. The van der Waals surface area contributed by atoms with Crippen LogP contribution in [0.4, 0.5) is 14.5 Å². The molecule has 1 rings (SSSR count). The predicted octanol–water partition coefficient (Wildman–Crippen LogP) is 5.15. The zero-order chi connectivity index (χ0) is 14.6. The molecular weight excluding hydrogens is 244 g/mol. The molecule has 1 aromatic rings. The molecule has 108 valence electrons. The molecule has 0 radical (unpaired) electrons. The van der Waals surface area contributed by atoms with Gasteiger partial charge in [0.15, 0.2) is 5.82 Å². The van der Waals surface area contributed by atoms with Crippen LogP contribution in [0.3, 0.4) is 0 Å². The summed E-state index contributed by atoms with van der Waals surface area (Å²) in [6.45, 7) is 10.1. The summed E-state index contributed by atoms with van der Waals surface area (Å²) in [5.41, 5.74) is 0.489. The Labute approximate surface area is 115 Å². The molecule has 0 bridgehead atoms. The van der Waals surface area contributed by atoms with Gasteiger partial charge < -0.3 is 5.32 Å². The van der Waals surface area contributed by atoms with Gasteiger partial charge in [0.2, 0.25) is 0 Å². The third-order valence-electron chi connectivity index (χ3n) is 3.14.